The molecule has 0 saturated heterocycles. The number of nitrogens with one attached hydrogen (secondary N) is 1. The Kier molecular flexibility index (Phi) is 4.17. The summed E-state index contributed by atoms with van der Waals surface area (Å²) in [6.45, 7) is 3.91. The minimum atomic E-state index is -1.33. The zero-order valence-corrected chi connectivity index (χ0v) is 9.89. The monoisotopic (exact) mass is 242 g/mol. The van der Waals surface area contributed by atoms with Crippen molar-refractivity contribution in [3.63, 3.8) is 0 Å². The van der Waals surface area contributed by atoms with Crippen LogP contribution in [0.5, 0.6) is 0 Å². The van der Waals surface area contributed by atoms with Gasteiger partial charge in [-0.3, -0.25) is 10.1 Å². The summed E-state index contributed by atoms with van der Waals surface area (Å²) in [5.74, 6) is -2.17. The van der Waals surface area contributed by atoms with Crippen LogP contribution in [-0.4, -0.2) is 12.5 Å². The minimum Gasteiger partial charge on any atom is -0.368 e. The highest BCUT2D eigenvalue weighted by atomic mass is 19.1. The highest BCUT2D eigenvalue weighted by Gasteiger charge is 2.34. The number of hydrogen-bond acceptors (Lipinski definition) is 2. The molecule has 1 atom stereocenters. The maximum atomic E-state index is 13.6. The van der Waals surface area contributed by atoms with Gasteiger partial charge in [-0.2, -0.15) is 0 Å². The van der Waals surface area contributed by atoms with Gasteiger partial charge in [0.2, 0.25) is 5.91 Å². The molecule has 1 amide bonds. The third kappa shape index (κ3) is 2.79. The first-order valence-electron chi connectivity index (χ1n) is 5.42. The van der Waals surface area contributed by atoms with Crippen molar-refractivity contribution in [1.82, 2.24) is 5.32 Å². The van der Waals surface area contributed by atoms with Crippen LogP contribution in [-0.2, 0) is 10.3 Å². The van der Waals surface area contributed by atoms with Crippen LogP contribution in [0.3, 0.4) is 0 Å². The SMILES string of the molecule is CCCNC(C)(C(N)=O)c1ccc(F)cc1F. The van der Waals surface area contributed by atoms with E-state index in [1.807, 2.05) is 6.92 Å². The van der Waals surface area contributed by atoms with Gasteiger partial charge < -0.3 is 5.73 Å². The Bertz CT molecular complexity index is 423. The van der Waals surface area contributed by atoms with Crippen LogP contribution in [0.1, 0.15) is 25.8 Å². The predicted molar refractivity (Wildman–Crippen MR) is 61.2 cm³/mol. The lowest BCUT2D eigenvalue weighted by atomic mass is 9.90. The predicted octanol–water partition coefficient (Wildman–Crippen LogP) is 1.66. The largest absolute Gasteiger partial charge is 0.368 e. The summed E-state index contributed by atoms with van der Waals surface area (Å²) in [7, 11) is 0. The first-order valence-corrected chi connectivity index (χ1v) is 5.42. The van der Waals surface area contributed by atoms with E-state index in [2.05, 4.69) is 5.32 Å². The second-order valence-corrected chi connectivity index (χ2v) is 4.04. The van der Waals surface area contributed by atoms with Crippen LogP contribution in [0.4, 0.5) is 8.78 Å². The van der Waals surface area contributed by atoms with E-state index in [0.29, 0.717) is 6.54 Å². The van der Waals surface area contributed by atoms with Gasteiger partial charge in [-0.25, -0.2) is 8.78 Å². The number of benzene rings is 1. The van der Waals surface area contributed by atoms with Crippen LogP contribution in [0.15, 0.2) is 18.2 Å². The van der Waals surface area contributed by atoms with Crippen molar-refractivity contribution in [3.05, 3.63) is 35.4 Å². The fourth-order valence-corrected chi connectivity index (χ4v) is 1.59. The Labute approximate surface area is 99.0 Å². The number of primary amides is 1. The summed E-state index contributed by atoms with van der Waals surface area (Å²) in [6.07, 6.45) is 0.770. The van der Waals surface area contributed by atoms with Gasteiger partial charge in [0.1, 0.15) is 17.2 Å². The number of rotatable bonds is 5. The van der Waals surface area contributed by atoms with Crippen molar-refractivity contribution in [3.8, 4) is 0 Å². The standard InChI is InChI=1S/C12H16F2N2O/c1-3-6-16-12(2,11(15)17)9-5-4-8(13)7-10(9)14/h4-5,7,16H,3,6H2,1-2H3,(H2,15,17). The van der Waals surface area contributed by atoms with Crippen molar-refractivity contribution < 1.29 is 13.6 Å². The fraction of sp³-hybridized carbons (Fsp3) is 0.417. The van der Waals surface area contributed by atoms with Crippen molar-refractivity contribution in [2.24, 2.45) is 5.73 Å². The average molecular weight is 242 g/mol. The molecular weight excluding hydrogens is 226 g/mol. The molecule has 0 aliphatic carbocycles. The summed E-state index contributed by atoms with van der Waals surface area (Å²) in [6, 6.07) is 3.08. The van der Waals surface area contributed by atoms with E-state index in [0.717, 1.165) is 18.6 Å². The molecule has 0 spiro atoms. The lowest BCUT2D eigenvalue weighted by Gasteiger charge is -2.28. The summed E-state index contributed by atoms with van der Waals surface area (Å²) in [4.78, 5) is 11.5. The van der Waals surface area contributed by atoms with Crippen LogP contribution in [0.25, 0.3) is 0 Å². The summed E-state index contributed by atoms with van der Waals surface area (Å²) < 4.78 is 26.5. The molecular formula is C12H16F2N2O. The third-order valence-electron chi connectivity index (χ3n) is 2.69. The molecule has 3 N–H and O–H groups in total. The van der Waals surface area contributed by atoms with Crippen LogP contribution in [0, 0.1) is 11.6 Å². The normalized spacial score (nSPS) is 14.4. The smallest absolute Gasteiger partial charge is 0.242 e. The van der Waals surface area contributed by atoms with Gasteiger partial charge in [-0.1, -0.05) is 13.0 Å². The number of hydrogen-bond donors (Lipinski definition) is 2. The molecule has 0 fully saturated rings. The molecule has 0 aliphatic heterocycles. The summed E-state index contributed by atoms with van der Waals surface area (Å²) >= 11 is 0. The summed E-state index contributed by atoms with van der Waals surface area (Å²) in [5, 5.41) is 2.88. The molecule has 3 nitrogen and oxygen atoms in total. The number of carbonyl (C=O) groups excluding carboxylic acids is 1. The van der Waals surface area contributed by atoms with Gasteiger partial charge >= 0.3 is 0 Å². The van der Waals surface area contributed by atoms with Gasteiger partial charge in [0.05, 0.1) is 0 Å². The third-order valence-corrected chi connectivity index (χ3v) is 2.69. The van der Waals surface area contributed by atoms with E-state index in [1.165, 1.54) is 13.0 Å². The molecule has 0 aliphatic rings. The maximum Gasteiger partial charge on any atom is 0.242 e. The Morgan fingerprint density at radius 3 is 2.59 bits per heavy atom. The first-order chi connectivity index (χ1) is 7.91. The number of nitrogens with two attached hydrogens (primary N) is 1. The topological polar surface area (TPSA) is 55.1 Å². The van der Waals surface area contributed by atoms with Crippen LogP contribution < -0.4 is 11.1 Å². The lowest BCUT2D eigenvalue weighted by Crippen LogP contribution is -2.51. The van der Waals surface area contributed by atoms with Gasteiger partial charge in [0.25, 0.3) is 0 Å². The first kappa shape index (κ1) is 13.6. The molecule has 1 aromatic rings. The van der Waals surface area contributed by atoms with Gasteiger partial charge in [0.15, 0.2) is 0 Å². The molecule has 1 rings (SSSR count). The fourth-order valence-electron chi connectivity index (χ4n) is 1.59. The molecule has 1 aromatic carbocycles. The summed E-state index contributed by atoms with van der Waals surface area (Å²) in [5.41, 5.74) is 4.02. The van der Waals surface area contributed by atoms with E-state index in [4.69, 9.17) is 5.73 Å². The molecule has 5 heteroatoms. The maximum absolute atomic E-state index is 13.6. The highest BCUT2D eigenvalue weighted by Crippen LogP contribution is 2.24. The van der Waals surface area contributed by atoms with E-state index in [1.54, 1.807) is 0 Å². The minimum absolute atomic E-state index is 0.0554. The quantitative estimate of drug-likeness (QED) is 0.825. The Hall–Kier alpha value is -1.49. The lowest BCUT2D eigenvalue weighted by molar-refractivity contribution is -0.124. The zero-order valence-electron chi connectivity index (χ0n) is 9.89. The molecule has 0 aromatic heterocycles. The van der Waals surface area contributed by atoms with Gasteiger partial charge in [0, 0.05) is 11.6 Å². The molecule has 0 saturated carbocycles. The molecule has 17 heavy (non-hydrogen) atoms. The van der Waals surface area contributed by atoms with Crippen molar-refractivity contribution in [2.45, 2.75) is 25.8 Å². The Balaban J connectivity index is 3.17. The number of amides is 1. The second kappa shape index (κ2) is 5.23. The number of carbonyl (C=O) groups is 1. The Morgan fingerprint density at radius 2 is 2.12 bits per heavy atom. The Morgan fingerprint density at radius 1 is 1.47 bits per heavy atom. The van der Waals surface area contributed by atoms with Gasteiger partial charge in [-0.05, 0) is 26.0 Å². The van der Waals surface area contributed by atoms with E-state index >= 15 is 0 Å². The average Bonchev–Trinajstić information content (AvgIpc) is 2.25. The van der Waals surface area contributed by atoms with E-state index in [9.17, 15) is 13.6 Å². The molecule has 0 heterocycles. The molecule has 94 valence electrons. The van der Waals surface area contributed by atoms with Crippen LogP contribution in [0.2, 0.25) is 0 Å². The number of halogens is 2. The van der Waals surface area contributed by atoms with E-state index < -0.39 is 23.1 Å². The van der Waals surface area contributed by atoms with Gasteiger partial charge in [-0.15, -0.1) is 0 Å². The van der Waals surface area contributed by atoms with Crippen molar-refractivity contribution in [1.29, 1.82) is 0 Å². The van der Waals surface area contributed by atoms with E-state index in [-0.39, 0.29) is 5.56 Å². The second-order valence-electron chi connectivity index (χ2n) is 4.04. The van der Waals surface area contributed by atoms with Crippen molar-refractivity contribution in [2.75, 3.05) is 6.54 Å². The highest BCUT2D eigenvalue weighted by molar-refractivity contribution is 5.85. The molecule has 0 radical (unpaired) electrons. The molecule has 0 bridgehead atoms. The van der Waals surface area contributed by atoms with Crippen molar-refractivity contribution >= 4 is 5.91 Å². The zero-order chi connectivity index (χ0) is 13.1. The van der Waals surface area contributed by atoms with Crippen LogP contribution >= 0.6 is 0 Å². The molecule has 1 unspecified atom stereocenters.